The van der Waals surface area contributed by atoms with Gasteiger partial charge in [-0.1, -0.05) is 0 Å². The number of hydrogen-bond acceptors (Lipinski definition) is 7. The van der Waals surface area contributed by atoms with E-state index in [1.807, 2.05) is 6.92 Å². The zero-order valence-electron chi connectivity index (χ0n) is 11.3. The quantitative estimate of drug-likeness (QED) is 0.638. The topological polar surface area (TPSA) is 108 Å². The minimum Gasteiger partial charge on any atom is -0.490 e. The molecule has 0 aliphatic carbocycles. The highest BCUT2D eigenvalue weighted by molar-refractivity contribution is 5.53. The molecule has 0 aliphatic heterocycles. The standard InChI is InChI=1S/C11H14N6O3/c1-7(12-2)11-13-14-15-16(11)8-4-5-10(20-3)9(6-8)17(18)19/h4-7,12H,1-3H3. The third-order valence-corrected chi connectivity index (χ3v) is 2.92. The van der Waals surface area contributed by atoms with Gasteiger partial charge in [-0.15, -0.1) is 5.10 Å². The molecule has 1 aromatic carbocycles. The van der Waals surface area contributed by atoms with Crippen LogP contribution in [0.2, 0.25) is 0 Å². The van der Waals surface area contributed by atoms with E-state index in [0.29, 0.717) is 11.5 Å². The number of nitro groups is 1. The van der Waals surface area contributed by atoms with E-state index in [-0.39, 0.29) is 17.5 Å². The minimum absolute atomic E-state index is 0.0915. The van der Waals surface area contributed by atoms with Crippen molar-refractivity contribution < 1.29 is 9.66 Å². The molecule has 0 saturated heterocycles. The molecule has 0 aliphatic rings. The highest BCUT2D eigenvalue weighted by atomic mass is 16.6. The van der Waals surface area contributed by atoms with Crippen LogP contribution in [0.4, 0.5) is 5.69 Å². The van der Waals surface area contributed by atoms with Crippen LogP contribution in [0.5, 0.6) is 5.75 Å². The molecule has 0 bridgehead atoms. The fraction of sp³-hybridized carbons (Fsp3) is 0.364. The summed E-state index contributed by atoms with van der Waals surface area (Å²) < 4.78 is 6.41. The van der Waals surface area contributed by atoms with Gasteiger partial charge < -0.3 is 10.1 Å². The number of ether oxygens (including phenoxy) is 1. The van der Waals surface area contributed by atoms with Gasteiger partial charge in [0, 0.05) is 6.07 Å². The fourth-order valence-corrected chi connectivity index (χ4v) is 1.73. The number of methoxy groups -OCH3 is 1. The summed E-state index contributed by atoms with van der Waals surface area (Å²) in [5, 5.41) is 25.4. The van der Waals surface area contributed by atoms with Crippen LogP contribution in [-0.2, 0) is 0 Å². The maximum atomic E-state index is 11.0. The number of nitrogens with zero attached hydrogens (tertiary/aromatic N) is 5. The van der Waals surface area contributed by atoms with E-state index in [1.165, 1.54) is 23.9 Å². The molecule has 1 heterocycles. The van der Waals surface area contributed by atoms with E-state index in [1.54, 1.807) is 13.1 Å². The summed E-state index contributed by atoms with van der Waals surface area (Å²) in [5.74, 6) is 0.752. The largest absolute Gasteiger partial charge is 0.490 e. The number of nitro benzene ring substituents is 1. The summed E-state index contributed by atoms with van der Waals surface area (Å²) in [4.78, 5) is 10.5. The number of hydrogen-bond donors (Lipinski definition) is 1. The van der Waals surface area contributed by atoms with Gasteiger partial charge in [-0.2, -0.15) is 4.68 Å². The second-order valence-electron chi connectivity index (χ2n) is 4.07. The molecule has 1 N–H and O–H groups in total. The predicted octanol–water partition coefficient (Wildman–Crippen LogP) is 0.859. The van der Waals surface area contributed by atoms with Crippen LogP contribution in [0.25, 0.3) is 5.69 Å². The SMILES string of the molecule is CNC(C)c1nnnn1-c1ccc(OC)c([N+](=O)[O-])c1. The second kappa shape index (κ2) is 5.61. The van der Waals surface area contributed by atoms with Crippen molar-refractivity contribution in [2.45, 2.75) is 13.0 Å². The minimum atomic E-state index is -0.506. The van der Waals surface area contributed by atoms with Crippen LogP contribution in [0, 0.1) is 10.1 Å². The Balaban J connectivity index is 2.51. The van der Waals surface area contributed by atoms with Gasteiger partial charge in [0.25, 0.3) is 0 Å². The van der Waals surface area contributed by atoms with Crippen molar-refractivity contribution in [3.8, 4) is 11.4 Å². The van der Waals surface area contributed by atoms with E-state index >= 15 is 0 Å². The average molecular weight is 278 g/mol. The Morgan fingerprint density at radius 1 is 1.50 bits per heavy atom. The summed E-state index contributed by atoms with van der Waals surface area (Å²) in [7, 11) is 3.16. The van der Waals surface area contributed by atoms with E-state index in [2.05, 4.69) is 20.8 Å². The Labute approximate surface area is 114 Å². The smallest absolute Gasteiger partial charge is 0.313 e. The van der Waals surface area contributed by atoms with Gasteiger partial charge in [-0.25, -0.2) is 0 Å². The van der Waals surface area contributed by atoms with Gasteiger partial charge in [-0.3, -0.25) is 10.1 Å². The van der Waals surface area contributed by atoms with E-state index < -0.39 is 4.92 Å². The molecule has 1 atom stereocenters. The number of aromatic nitrogens is 4. The van der Waals surface area contributed by atoms with Crippen molar-refractivity contribution >= 4 is 5.69 Å². The number of benzene rings is 1. The van der Waals surface area contributed by atoms with E-state index in [4.69, 9.17) is 4.74 Å². The lowest BCUT2D eigenvalue weighted by molar-refractivity contribution is -0.385. The zero-order chi connectivity index (χ0) is 14.7. The first-order valence-electron chi connectivity index (χ1n) is 5.86. The van der Waals surface area contributed by atoms with Crippen LogP contribution in [0.1, 0.15) is 18.8 Å². The molecule has 0 radical (unpaired) electrons. The summed E-state index contributed by atoms with van der Waals surface area (Å²) in [6.07, 6.45) is 0. The summed E-state index contributed by atoms with van der Waals surface area (Å²) >= 11 is 0. The highest BCUT2D eigenvalue weighted by Gasteiger charge is 2.19. The van der Waals surface area contributed by atoms with Crippen LogP contribution in [0.3, 0.4) is 0 Å². The molecule has 106 valence electrons. The van der Waals surface area contributed by atoms with Crippen LogP contribution >= 0.6 is 0 Å². The third kappa shape index (κ3) is 2.43. The first-order chi connectivity index (χ1) is 9.58. The van der Waals surface area contributed by atoms with Gasteiger partial charge in [-0.05, 0) is 36.5 Å². The molecule has 2 rings (SSSR count). The van der Waals surface area contributed by atoms with E-state index in [0.717, 1.165) is 0 Å². The maximum absolute atomic E-state index is 11.0. The molecule has 1 unspecified atom stereocenters. The molecular formula is C11H14N6O3. The fourth-order valence-electron chi connectivity index (χ4n) is 1.73. The number of tetrazole rings is 1. The van der Waals surface area contributed by atoms with Gasteiger partial charge in [0.15, 0.2) is 11.6 Å². The molecule has 1 aromatic heterocycles. The van der Waals surface area contributed by atoms with Gasteiger partial charge in [0.1, 0.15) is 0 Å². The molecule has 2 aromatic rings. The molecule has 9 nitrogen and oxygen atoms in total. The van der Waals surface area contributed by atoms with Crippen molar-refractivity contribution in [3.05, 3.63) is 34.1 Å². The second-order valence-corrected chi connectivity index (χ2v) is 4.07. The van der Waals surface area contributed by atoms with Gasteiger partial charge in [0.05, 0.1) is 23.8 Å². The maximum Gasteiger partial charge on any atom is 0.313 e. The molecular weight excluding hydrogens is 264 g/mol. The lowest BCUT2D eigenvalue weighted by Crippen LogP contribution is -2.17. The number of nitrogens with one attached hydrogen (secondary N) is 1. The Kier molecular flexibility index (Phi) is 3.89. The molecule has 0 fully saturated rings. The molecule has 20 heavy (non-hydrogen) atoms. The van der Waals surface area contributed by atoms with Crippen LogP contribution < -0.4 is 10.1 Å². The lowest BCUT2D eigenvalue weighted by atomic mass is 10.2. The number of rotatable bonds is 5. The molecule has 0 spiro atoms. The summed E-state index contributed by atoms with van der Waals surface area (Å²) in [6, 6.07) is 4.46. The third-order valence-electron chi connectivity index (χ3n) is 2.92. The van der Waals surface area contributed by atoms with Crippen molar-refractivity contribution in [3.63, 3.8) is 0 Å². The Morgan fingerprint density at radius 3 is 2.85 bits per heavy atom. The van der Waals surface area contributed by atoms with Gasteiger partial charge in [0.2, 0.25) is 0 Å². The summed E-state index contributed by atoms with van der Waals surface area (Å²) in [6.45, 7) is 1.89. The Hall–Kier alpha value is -2.55. The van der Waals surface area contributed by atoms with Crippen LogP contribution in [0.15, 0.2) is 18.2 Å². The molecule has 0 amide bonds. The Bertz CT molecular complexity index is 626. The van der Waals surface area contributed by atoms with Crippen molar-refractivity contribution in [2.75, 3.05) is 14.2 Å². The van der Waals surface area contributed by atoms with Crippen molar-refractivity contribution in [1.29, 1.82) is 0 Å². The van der Waals surface area contributed by atoms with Crippen LogP contribution in [-0.4, -0.2) is 39.3 Å². The highest BCUT2D eigenvalue weighted by Crippen LogP contribution is 2.29. The van der Waals surface area contributed by atoms with Crippen molar-refractivity contribution in [1.82, 2.24) is 25.5 Å². The zero-order valence-corrected chi connectivity index (χ0v) is 11.3. The first kappa shape index (κ1) is 13.9. The predicted molar refractivity (Wildman–Crippen MR) is 69.8 cm³/mol. The normalized spacial score (nSPS) is 12.2. The Morgan fingerprint density at radius 2 is 2.25 bits per heavy atom. The molecule has 9 heteroatoms. The lowest BCUT2D eigenvalue weighted by Gasteiger charge is -2.10. The molecule has 0 saturated carbocycles. The van der Waals surface area contributed by atoms with E-state index in [9.17, 15) is 10.1 Å². The first-order valence-corrected chi connectivity index (χ1v) is 5.86. The summed E-state index contributed by atoms with van der Waals surface area (Å²) in [5.41, 5.74) is 0.364. The van der Waals surface area contributed by atoms with Gasteiger partial charge >= 0.3 is 5.69 Å². The average Bonchev–Trinajstić information content (AvgIpc) is 2.95. The van der Waals surface area contributed by atoms with Crippen molar-refractivity contribution in [2.24, 2.45) is 0 Å². The monoisotopic (exact) mass is 278 g/mol.